The Balaban J connectivity index is 2.43. The first-order valence-corrected chi connectivity index (χ1v) is 6.78. The zero-order chi connectivity index (χ0) is 15.0. The third-order valence-corrected chi connectivity index (χ3v) is 2.83. The van der Waals surface area contributed by atoms with E-state index >= 15 is 0 Å². The molecular formula is C15H21NO4. The van der Waals surface area contributed by atoms with Gasteiger partial charge in [-0.25, -0.2) is 0 Å². The highest BCUT2D eigenvalue weighted by atomic mass is 16.5. The lowest BCUT2D eigenvalue weighted by Gasteiger charge is -2.10. The molecule has 0 saturated carbocycles. The van der Waals surface area contributed by atoms with Crippen LogP contribution in [0.15, 0.2) is 18.2 Å². The van der Waals surface area contributed by atoms with E-state index in [0.717, 1.165) is 17.0 Å². The van der Waals surface area contributed by atoms with Crippen molar-refractivity contribution in [1.29, 1.82) is 0 Å². The maximum absolute atomic E-state index is 11.7. The predicted molar refractivity (Wildman–Crippen MR) is 77.1 cm³/mol. The Morgan fingerprint density at radius 1 is 1.25 bits per heavy atom. The molecule has 0 saturated heterocycles. The van der Waals surface area contributed by atoms with Crippen LogP contribution in [0.4, 0.5) is 5.69 Å². The van der Waals surface area contributed by atoms with Gasteiger partial charge in [0.15, 0.2) is 0 Å². The fraction of sp³-hybridized carbons (Fsp3) is 0.467. The zero-order valence-electron chi connectivity index (χ0n) is 11.9. The van der Waals surface area contributed by atoms with Crippen LogP contribution in [0.3, 0.4) is 0 Å². The quantitative estimate of drug-likeness (QED) is 0.717. The summed E-state index contributed by atoms with van der Waals surface area (Å²) in [7, 11) is 0. The molecule has 0 unspecified atom stereocenters. The van der Waals surface area contributed by atoms with Crippen molar-refractivity contribution >= 4 is 17.6 Å². The lowest BCUT2D eigenvalue weighted by molar-refractivity contribution is -0.137. The number of unbranched alkanes of at least 4 members (excludes halogenated alkanes) is 1. The van der Waals surface area contributed by atoms with Gasteiger partial charge in [0.1, 0.15) is 5.75 Å². The van der Waals surface area contributed by atoms with Gasteiger partial charge >= 0.3 is 5.97 Å². The smallest absolute Gasteiger partial charge is 0.303 e. The van der Waals surface area contributed by atoms with Crippen LogP contribution in [0.5, 0.6) is 5.75 Å². The molecule has 1 amide bonds. The monoisotopic (exact) mass is 279 g/mol. The summed E-state index contributed by atoms with van der Waals surface area (Å²) in [4.78, 5) is 22.1. The molecule has 2 N–H and O–H groups in total. The summed E-state index contributed by atoms with van der Waals surface area (Å²) in [6, 6.07) is 5.51. The van der Waals surface area contributed by atoms with E-state index in [1.807, 2.05) is 32.0 Å². The van der Waals surface area contributed by atoms with Crippen molar-refractivity contribution in [3.8, 4) is 5.75 Å². The van der Waals surface area contributed by atoms with E-state index in [2.05, 4.69) is 5.32 Å². The van der Waals surface area contributed by atoms with Gasteiger partial charge in [0.2, 0.25) is 5.91 Å². The van der Waals surface area contributed by atoms with E-state index in [1.54, 1.807) is 0 Å². The number of hydrogen-bond donors (Lipinski definition) is 2. The minimum atomic E-state index is -0.826. The number of rotatable bonds is 8. The molecule has 0 aliphatic rings. The molecule has 1 aromatic carbocycles. The standard InChI is InChI=1S/C15H21NO4/c1-3-20-12-8-9-13(11(2)10-12)16-14(17)6-4-5-7-15(18)19/h8-10H,3-7H2,1-2H3,(H,16,17)(H,18,19). The molecule has 5 nitrogen and oxygen atoms in total. The van der Waals surface area contributed by atoms with Gasteiger partial charge in [-0.05, 0) is 50.5 Å². The van der Waals surface area contributed by atoms with Crippen LogP contribution in [0.1, 0.15) is 38.2 Å². The molecule has 0 heterocycles. The topological polar surface area (TPSA) is 75.6 Å². The summed E-state index contributed by atoms with van der Waals surface area (Å²) in [6.07, 6.45) is 1.54. The van der Waals surface area contributed by atoms with Gasteiger partial charge in [0.05, 0.1) is 6.61 Å². The van der Waals surface area contributed by atoms with Gasteiger partial charge in [0.25, 0.3) is 0 Å². The number of carboxylic acid groups (broad SMARTS) is 1. The molecule has 0 aromatic heterocycles. The van der Waals surface area contributed by atoms with Crippen molar-refractivity contribution in [2.45, 2.75) is 39.5 Å². The number of carbonyl (C=O) groups is 2. The molecule has 1 aromatic rings. The van der Waals surface area contributed by atoms with Gasteiger partial charge in [-0.15, -0.1) is 0 Å². The lowest BCUT2D eigenvalue weighted by atomic mass is 10.1. The lowest BCUT2D eigenvalue weighted by Crippen LogP contribution is -2.12. The number of ether oxygens (including phenoxy) is 1. The van der Waals surface area contributed by atoms with E-state index in [1.165, 1.54) is 0 Å². The van der Waals surface area contributed by atoms with Crippen molar-refractivity contribution in [2.75, 3.05) is 11.9 Å². The molecule has 1 rings (SSSR count). The summed E-state index contributed by atoms with van der Waals surface area (Å²) < 4.78 is 5.38. The van der Waals surface area contributed by atoms with Gasteiger partial charge in [0, 0.05) is 18.5 Å². The normalized spacial score (nSPS) is 10.1. The maximum atomic E-state index is 11.7. The van der Waals surface area contributed by atoms with Crippen molar-refractivity contribution in [3.63, 3.8) is 0 Å². The van der Waals surface area contributed by atoms with Gasteiger partial charge in [-0.2, -0.15) is 0 Å². The van der Waals surface area contributed by atoms with E-state index < -0.39 is 5.97 Å². The van der Waals surface area contributed by atoms with E-state index in [0.29, 0.717) is 25.9 Å². The second kappa shape index (κ2) is 8.19. The van der Waals surface area contributed by atoms with E-state index in [-0.39, 0.29) is 12.3 Å². The van der Waals surface area contributed by atoms with Crippen LogP contribution in [0.25, 0.3) is 0 Å². The summed E-state index contributed by atoms with van der Waals surface area (Å²) >= 11 is 0. The highest BCUT2D eigenvalue weighted by Gasteiger charge is 2.06. The molecule has 0 radical (unpaired) electrons. The number of benzene rings is 1. The summed E-state index contributed by atoms with van der Waals surface area (Å²) in [5, 5.41) is 11.3. The fourth-order valence-electron chi connectivity index (χ4n) is 1.81. The van der Waals surface area contributed by atoms with Crippen molar-refractivity contribution in [2.24, 2.45) is 0 Å². The van der Waals surface area contributed by atoms with E-state index in [9.17, 15) is 9.59 Å². The average Bonchev–Trinajstić information content (AvgIpc) is 2.38. The molecule has 0 atom stereocenters. The van der Waals surface area contributed by atoms with Gasteiger partial charge in [-0.3, -0.25) is 9.59 Å². The zero-order valence-corrected chi connectivity index (χ0v) is 11.9. The fourth-order valence-corrected chi connectivity index (χ4v) is 1.81. The Morgan fingerprint density at radius 2 is 1.95 bits per heavy atom. The third kappa shape index (κ3) is 5.73. The Labute approximate surface area is 118 Å². The number of amides is 1. The second-order valence-corrected chi connectivity index (χ2v) is 4.56. The van der Waals surface area contributed by atoms with E-state index in [4.69, 9.17) is 9.84 Å². The highest BCUT2D eigenvalue weighted by molar-refractivity contribution is 5.91. The van der Waals surface area contributed by atoms with Crippen LogP contribution in [0, 0.1) is 6.92 Å². The summed E-state index contributed by atoms with van der Waals surface area (Å²) in [5.41, 5.74) is 1.70. The van der Waals surface area contributed by atoms with Crippen LogP contribution in [-0.4, -0.2) is 23.6 Å². The minimum absolute atomic E-state index is 0.0948. The first-order valence-electron chi connectivity index (χ1n) is 6.78. The second-order valence-electron chi connectivity index (χ2n) is 4.56. The number of aryl methyl sites for hydroxylation is 1. The van der Waals surface area contributed by atoms with Crippen LogP contribution in [0.2, 0.25) is 0 Å². The molecule has 20 heavy (non-hydrogen) atoms. The predicted octanol–water partition coefficient (Wildman–Crippen LogP) is 2.98. The molecule has 0 aliphatic carbocycles. The molecule has 5 heteroatoms. The van der Waals surface area contributed by atoms with Gasteiger partial charge in [-0.1, -0.05) is 0 Å². The van der Waals surface area contributed by atoms with Crippen LogP contribution in [-0.2, 0) is 9.59 Å². The number of nitrogens with one attached hydrogen (secondary N) is 1. The van der Waals surface area contributed by atoms with Crippen molar-refractivity contribution in [3.05, 3.63) is 23.8 Å². The number of hydrogen-bond acceptors (Lipinski definition) is 3. The first-order chi connectivity index (χ1) is 9.52. The van der Waals surface area contributed by atoms with Crippen LogP contribution < -0.4 is 10.1 Å². The first kappa shape index (κ1) is 16.0. The molecule has 0 aliphatic heterocycles. The summed E-state index contributed by atoms with van der Waals surface area (Å²) in [5.74, 6) is -0.139. The maximum Gasteiger partial charge on any atom is 0.303 e. The van der Waals surface area contributed by atoms with Crippen molar-refractivity contribution < 1.29 is 19.4 Å². The third-order valence-electron chi connectivity index (χ3n) is 2.83. The molecule has 0 spiro atoms. The largest absolute Gasteiger partial charge is 0.494 e. The minimum Gasteiger partial charge on any atom is -0.494 e. The number of anilines is 1. The Kier molecular flexibility index (Phi) is 6.56. The molecule has 0 fully saturated rings. The average molecular weight is 279 g/mol. The Morgan fingerprint density at radius 3 is 2.55 bits per heavy atom. The van der Waals surface area contributed by atoms with Gasteiger partial charge < -0.3 is 15.2 Å². The Bertz CT molecular complexity index is 471. The molecule has 0 bridgehead atoms. The number of carbonyl (C=O) groups excluding carboxylic acids is 1. The number of carboxylic acids is 1. The van der Waals surface area contributed by atoms with Crippen molar-refractivity contribution in [1.82, 2.24) is 0 Å². The molecule has 110 valence electrons. The summed E-state index contributed by atoms with van der Waals surface area (Å²) in [6.45, 7) is 4.43. The number of aliphatic carboxylic acids is 1. The highest BCUT2D eigenvalue weighted by Crippen LogP contribution is 2.21. The SMILES string of the molecule is CCOc1ccc(NC(=O)CCCCC(=O)O)c(C)c1. The Hall–Kier alpha value is -2.04. The molecular weight excluding hydrogens is 258 g/mol. The van der Waals surface area contributed by atoms with Crippen LogP contribution >= 0.6 is 0 Å².